The van der Waals surface area contributed by atoms with Crippen molar-refractivity contribution in [2.45, 2.75) is 6.54 Å². The predicted octanol–water partition coefficient (Wildman–Crippen LogP) is 3.49. The Morgan fingerprint density at radius 3 is 2.74 bits per heavy atom. The van der Waals surface area contributed by atoms with Crippen molar-refractivity contribution in [1.82, 2.24) is 4.98 Å². The maximum absolute atomic E-state index is 5.76. The molecule has 0 saturated carbocycles. The first kappa shape index (κ1) is 11.7. The van der Waals surface area contributed by atoms with Gasteiger partial charge in [-0.1, -0.05) is 30.3 Å². The summed E-state index contributed by atoms with van der Waals surface area (Å²) >= 11 is 0. The number of benzene rings is 2. The van der Waals surface area contributed by atoms with Crippen LogP contribution in [-0.4, -0.2) is 4.98 Å². The van der Waals surface area contributed by atoms with E-state index < -0.39 is 0 Å². The third kappa shape index (κ3) is 2.56. The van der Waals surface area contributed by atoms with Crippen LogP contribution in [0.4, 0.5) is 0 Å². The van der Waals surface area contributed by atoms with E-state index in [1.54, 1.807) is 0 Å². The number of ether oxygens (including phenoxy) is 1. The number of rotatable bonds is 3. The van der Waals surface area contributed by atoms with Crippen molar-refractivity contribution in [3.05, 3.63) is 66.2 Å². The van der Waals surface area contributed by atoms with Crippen molar-refractivity contribution in [3.8, 4) is 11.6 Å². The first-order valence-electron chi connectivity index (χ1n) is 6.18. The summed E-state index contributed by atoms with van der Waals surface area (Å²) < 4.78 is 5.76. The molecule has 1 heterocycles. The third-order valence-corrected chi connectivity index (χ3v) is 2.93. The van der Waals surface area contributed by atoms with Crippen LogP contribution in [0.3, 0.4) is 0 Å². The molecule has 0 fully saturated rings. The van der Waals surface area contributed by atoms with Crippen LogP contribution in [0, 0.1) is 0 Å². The highest BCUT2D eigenvalue weighted by atomic mass is 16.5. The maximum Gasteiger partial charge on any atom is 0.219 e. The lowest BCUT2D eigenvalue weighted by Gasteiger charge is -2.07. The maximum atomic E-state index is 5.76. The molecule has 0 spiro atoms. The van der Waals surface area contributed by atoms with E-state index in [-0.39, 0.29) is 0 Å². The van der Waals surface area contributed by atoms with Crippen molar-refractivity contribution >= 4 is 10.9 Å². The number of aromatic nitrogens is 1. The molecule has 0 saturated heterocycles. The summed E-state index contributed by atoms with van der Waals surface area (Å²) in [6, 6.07) is 19.6. The number of hydrogen-bond acceptors (Lipinski definition) is 3. The fourth-order valence-corrected chi connectivity index (χ4v) is 1.96. The monoisotopic (exact) mass is 250 g/mol. The zero-order valence-corrected chi connectivity index (χ0v) is 10.4. The number of nitrogens with two attached hydrogens (primary N) is 1. The minimum absolute atomic E-state index is 0.502. The van der Waals surface area contributed by atoms with E-state index >= 15 is 0 Å². The molecule has 3 rings (SSSR count). The summed E-state index contributed by atoms with van der Waals surface area (Å²) in [4.78, 5) is 4.47. The molecule has 0 unspecified atom stereocenters. The minimum Gasteiger partial charge on any atom is -0.439 e. The van der Waals surface area contributed by atoms with Gasteiger partial charge in [-0.2, -0.15) is 0 Å². The normalized spacial score (nSPS) is 10.6. The van der Waals surface area contributed by atoms with Gasteiger partial charge in [0, 0.05) is 18.0 Å². The second-order valence-corrected chi connectivity index (χ2v) is 4.30. The summed E-state index contributed by atoms with van der Waals surface area (Å²) in [7, 11) is 0. The number of nitrogens with zero attached hydrogens (tertiary/aromatic N) is 1. The summed E-state index contributed by atoms with van der Waals surface area (Å²) in [5.41, 5.74) is 7.58. The molecule has 0 aliphatic rings. The highest BCUT2D eigenvalue weighted by Crippen LogP contribution is 2.22. The Kier molecular flexibility index (Phi) is 3.12. The lowest BCUT2D eigenvalue weighted by atomic mass is 10.2. The summed E-state index contributed by atoms with van der Waals surface area (Å²) in [5.74, 6) is 1.35. The predicted molar refractivity (Wildman–Crippen MR) is 76.2 cm³/mol. The molecular formula is C16H14N2O. The Labute approximate surface area is 111 Å². The molecule has 0 amide bonds. The molecule has 3 aromatic rings. The second kappa shape index (κ2) is 5.08. The molecule has 0 atom stereocenters. The van der Waals surface area contributed by atoms with E-state index in [0.717, 1.165) is 22.2 Å². The molecule has 2 N–H and O–H groups in total. The van der Waals surface area contributed by atoms with Gasteiger partial charge in [0.1, 0.15) is 5.75 Å². The average molecular weight is 250 g/mol. The fraction of sp³-hybridized carbons (Fsp3) is 0.0625. The van der Waals surface area contributed by atoms with E-state index in [9.17, 15) is 0 Å². The largest absolute Gasteiger partial charge is 0.439 e. The van der Waals surface area contributed by atoms with Crippen molar-refractivity contribution in [1.29, 1.82) is 0 Å². The summed E-state index contributed by atoms with van der Waals surface area (Å²) in [5, 5.41) is 1.10. The Balaban J connectivity index is 1.92. The third-order valence-electron chi connectivity index (χ3n) is 2.93. The average Bonchev–Trinajstić information content (AvgIpc) is 2.47. The van der Waals surface area contributed by atoms with Crippen LogP contribution in [0.2, 0.25) is 0 Å². The van der Waals surface area contributed by atoms with Gasteiger partial charge in [0.25, 0.3) is 0 Å². The van der Waals surface area contributed by atoms with Crippen LogP contribution in [0.1, 0.15) is 5.56 Å². The molecule has 0 radical (unpaired) electrons. The van der Waals surface area contributed by atoms with E-state index in [0.29, 0.717) is 12.4 Å². The molecule has 94 valence electrons. The van der Waals surface area contributed by atoms with Crippen LogP contribution in [0.5, 0.6) is 11.6 Å². The molecular weight excluding hydrogens is 236 g/mol. The van der Waals surface area contributed by atoms with E-state index in [2.05, 4.69) is 4.98 Å². The minimum atomic E-state index is 0.502. The molecule has 0 aliphatic carbocycles. The summed E-state index contributed by atoms with van der Waals surface area (Å²) in [6.45, 7) is 0.502. The lowest BCUT2D eigenvalue weighted by Crippen LogP contribution is -1.96. The number of pyridine rings is 1. The number of para-hydroxylation sites is 1. The fourth-order valence-electron chi connectivity index (χ4n) is 1.96. The van der Waals surface area contributed by atoms with Gasteiger partial charge >= 0.3 is 0 Å². The molecule has 19 heavy (non-hydrogen) atoms. The van der Waals surface area contributed by atoms with Crippen LogP contribution in [0.15, 0.2) is 60.7 Å². The molecule has 1 aromatic heterocycles. The van der Waals surface area contributed by atoms with Gasteiger partial charge in [-0.3, -0.25) is 0 Å². The molecule has 0 bridgehead atoms. The van der Waals surface area contributed by atoms with Crippen LogP contribution in [-0.2, 0) is 6.54 Å². The highest BCUT2D eigenvalue weighted by molar-refractivity contribution is 5.78. The van der Waals surface area contributed by atoms with E-state index in [4.69, 9.17) is 10.5 Å². The standard InChI is InChI=1S/C16H14N2O/c17-11-12-4-3-6-14(10-12)19-16-9-8-13-5-1-2-7-15(13)18-16/h1-10H,11,17H2. The van der Waals surface area contributed by atoms with Gasteiger partial charge in [0.05, 0.1) is 5.52 Å². The van der Waals surface area contributed by atoms with Gasteiger partial charge in [0.15, 0.2) is 0 Å². The Hall–Kier alpha value is -2.39. The van der Waals surface area contributed by atoms with Crippen molar-refractivity contribution < 1.29 is 4.74 Å². The molecule has 0 aliphatic heterocycles. The Bertz CT molecular complexity index is 710. The zero-order chi connectivity index (χ0) is 13.1. The van der Waals surface area contributed by atoms with Gasteiger partial charge in [-0.05, 0) is 29.8 Å². The zero-order valence-electron chi connectivity index (χ0n) is 10.4. The molecule has 3 nitrogen and oxygen atoms in total. The Morgan fingerprint density at radius 1 is 0.947 bits per heavy atom. The van der Waals surface area contributed by atoms with Gasteiger partial charge in [-0.25, -0.2) is 4.98 Å². The van der Waals surface area contributed by atoms with E-state index in [1.165, 1.54) is 0 Å². The number of hydrogen-bond donors (Lipinski definition) is 1. The lowest BCUT2D eigenvalue weighted by molar-refractivity contribution is 0.464. The van der Waals surface area contributed by atoms with Gasteiger partial charge in [-0.15, -0.1) is 0 Å². The topological polar surface area (TPSA) is 48.1 Å². The smallest absolute Gasteiger partial charge is 0.219 e. The van der Waals surface area contributed by atoms with Crippen molar-refractivity contribution in [2.75, 3.05) is 0 Å². The first-order chi connectivity index (χ1) is 9.35. The van der Waals surface area contributed by atoms with Crippen LogP contribution < -0.4 is 10.5 Å². The quantitative estimate of drug-likeness (QED) is 0.774. The van der Waals surface area contributed by atoms with E-state index in [1.807, 2.05) is 60.7 Å². The summed E-state index contributed by atoms with van der Waals surface area (Å²) in [6.07, 6.45) is 0. The SMILES string of the molecule is NCc1cccc(Oc2ccc3ccccc3n2)c1. The molecule has 3 heteroatoms. The molecule has 2 aromatic carbocycles. The van der Waals surface area contributed by atoms with Crippen LogP contribution in [0.25, 0.3) is 10.9 Å². The second-order valence-electron chi connectivity index (χ2n) is 4.30. The first-order valence-corrected chi connectivity index (χ1v) is 6.18. The van der Waals surface area contributed by atoms with Crippen LogP contribution >= 0.6 is 0 Å². The van der Waals surface area contributed by atoms with Crippen molar-refractivity contribution in [3.63, 3.8) is 0 Å². The van der Waals surface area contributed by atoms with Crippen molar-refractivity contribution in [2.24, 2.45) is 5.73 Å². The van der Waals surface area contributed by atoms with Gasteiger partial charge < -0.3 is 10.5 Å². The number of fused-ring (bicyclic) bond motifs is 1. The Morgan fingerprint density at radius 2 is 1.84 bits per heavy atom. The highest BCUT2D eigenvalue weighted by Gasteiger charge is 2.01. The van der Waals surface area contributed by atoms with Gasteiger partial charge in [0.2, 0.25) is 5.88 Å².